The van der Waals surface area contributed by atoms with Crippen LogP contribution in [-0.4, -0.2) is 49.7 Å². The molecule has 1 heterocycles. The smallest absolute Gasteiger partial charge is 0.254 e. The maximum Gasteiger partial charge on any atom is 0.254 e. The van der Waals surface area contributed by atoms with E-state index in [9.17, 15) is 9.18 Å². The predicted octanol–water partition coefficient (Wildman–Crippen LogP) is 1.17. The molecule has 1 unspecified atom stereocenters. The molecule has 0 radical (unpaired) electrons. The number of hydrogen-bond acceptors (Lipinski definition) is 4. The first-order chi connectivity index (χ1) is 9.97. The van der Waals surface area contributed by atoms with E-state index in [-0.39, 0.29) is 11.6 Å². The first-order valence-electron chi connectivity index (χ1n) is 7.14. The molecule has 1 amide bonds. The molecule has 5 nitrogen and oxygen atoms in total. The van der Waals surface area contributed by atoms with Gasteiger partial charge in [0.25, 0.3) is 5.91 Å². The summed E-state index contributed by atoms with van der Waals surface area (Å²) in [5.41, 5.74) is 6.44. The van der Waals surface area contributed by atoms with E-state index < -0.39 is 11.7 Å². The lowest BCUT2D eigenvalue weighted by Crippen LogP contribution is -2.46. The van der Waals surface area contributed by atoms with Gasteiger partial charge in [-0.05, 0) is 31.5 Å². The zero-order valence-electron chi connectivity index (χ0n) is 12.5. The molecule has 21 heavy (non-hydrogen) atoms. The molecule has 1 aliphatic rings. The molecule has 1 aromatic rings. The number of ether oxygens (including phenoxy) is 1. The summed E-state index contributed by atoms with van der Waals surface area (Å²) in [6, 6.07) is 2.82. The number of carbonyl (C=O) groups is 1. The normalized spacial score (nSPS) is 17.5. The fourth-order valence-electron chi connectivity index (χ4n) is 2.48. The largest absolute Gasteiger partial charge is 0.399 e. The molecule has 3 N–H and O–H groups in total. The molecule has 1 aliphatic heterocycles. The second-order valence-corrected chi connectivity index (χ2v) is 5.49. The van der Waals surface area contributed by atoms with E-state index in [4.69, 9.17) is 10.5 Å². The van der Waals surface area contributed by atoms with Gasteiger partial charge in [0.15, 0.2) is 0 Å². The standard InChI is InChI=1S/C15H22FN3O2/c1-10-7-12(17)8-13(14(10)16)15(20)18-11(2)9-19-3-5-21-6-4-19/h7-8,11H,3-6,9,17H2,1-2H3,(H,18,20). The zero-order chi connectivity index (χ0) is 15.4. The number of hydrogen-bond donors (Lipinski definition) is 2. The first-order valence-corrected chi connectivity index (χ1v) is 7.14. The van der Waals surface area contributed by atoms with Gasteiger partial charge in [-0.3, -0.25) is 9.69 Å². The van der Waals surface area contributed by atoms with Crippen LogP contribution < -0.4 is 11.1 Å². The van der Waals surface area contributed by atoms with E-state index in [0.29, 0.717) is 24.5 Å². The van der Waals surface area contributed by atoms with Crippen molar-refractivity contribution < 1.29 is 13.9 Å². The Kier molecular flexibility index (Phi) is 5.14. The van der Waals surface area contributed by atoms with Crippen molar-refractivity contribution in [2.75, 3.05) is 38.6 Å². The Labute approximate surface area is 124 Å². The molecular formula is C15H22FN3O2. The summed E-state index contributed by atoms with van der Waals surface area (Å²) < 4.78 is 19.3. The molecule has 6 heteroatoms. The van der Waals surface area contributed by atoms with Gasteiger partial charge in [0, 0.05) is 31.4 Å². The van der Waals surface area contributed by atoms with Crippen molar-refractivity contribution in [1.29, 1.82) is 0 Å². The zero-order valence-corrected chi connectivity index (χ0v) is 12.5. The number of anilines is 1. The van der Waals surface area contributed by atoms with Crippen molar-refractivity contribution in [3.8, 4) is 0 Å². The molecule has 1 aromatic carbocycles. The predicted molar refractivity (Wildman–Crippen MR) is 79.7 cm³/mol. The molecule has 0 aromatic heterocycles. The monoisotopic (exact) mass is 295 g/mol. The Bertz CT molecular complexity index is 516. The van der Waals surface area contributed by atoms with E-state index in [2.05, 4.69) is 10.2 Å². The average molecular weight is 295 g/mol. The third-order valence-electron chi connectivity index (χ3n) is 3.53. The van der Waals surface area contributed by atoms with Crippen LogP contribution in [0.25, 0.3) is 0 Å². The number of nitrogens with two attached hydrogens (primary N) is 1. The molecule has 1 fully saturated rings. The van der Waals surface area contributed by atoms with Crippen LogP contribution >= 0.6 is 0 Å². The Morgan fingerprint density at radius 2 is 2.14 bits per heavy atom. The fraction of sp³-hybridized carbons (Fsp3) is 0.533. The van der Waals surface area contributed by atoms with E-state index in [0.717, 1.165) is 19.6 Å². The third-order valence-corrected chi connectivity index (χ3v) is 3.53. The maximum absolute atomic E-state index is 14.0. The minimum atomic E-state index is -0.514. The van der Waals surface area contributed by atoms with Crippen molar-refractivity contribution >= 4 is 11.6 Å². The lowest BCUT2D eigenvalue weighted by atomic mass is 10.1. The van der Waals surface area contributed by atoms with Gasteiger partial charge in [0.05, 0.1) is 18.8 Å². The van der Waals surface area contributed by atoms with Crippen LogP contribution in [0.3, 0.4) is 0 Å². The number of nitrogens with one attached hydrogen (secondary N) is 1. The van der Waals surface area contributed by atoms with Crippen molar-refractivity contribution in [3.63, 3.8) is 0 Å². The second kappa shape index (κ2) is 6.87. The summed E-state index contributed by atoms with van der Waals surface area (Å²) in [7, 11) is 0. The quantitative estimate of drug-likeness (QED) is 0.818. The molecule has 1 saturated heterocycles. The van der Waals surface area contributed by atoms with E-state index in [1.807, 2.05) is 6.92 Å². The second-order valence-electron chi connectivity index (χ2n) is 5.49. The Hall–Kier alpha value is -1.66. The highest BCUT2D eigenvalue weighted by Gasteiger charge is 2.19. The Morgan fingerprint density at radius 3 is 2.81 bits per heavy atom. The van der Waals surface area contributed by atoms with Crippen molar-refractivity contribution in [2.24, 2.45) is 0 Å². The van der Waals surface area contributed by atoms with Crippen LogP contribution in [0.1, 0.15) is 22.8 Å². The summed E-state index contributed by atoms with van der Waals surface area (Å²) in [6.07, 6.45) is 0. The van der Waals surface area contributed by atoms with Gasteiger partial charge in [0.1, 0.15) is 5.82 Å². The molecule has 0 spiro atoms. The molecule has 0 aliphatic carbocycles. The first kappa shape index (κ1) is 15.7. The molecule has 0 saturated carbocycles. The third kappa shape index (κ3) is 4.15. The topological polar surface area (TPSA) is 67.6 Å². The number of benzene rings is 1. The average Bonchev–Trinajstić information content (AvgIpc) is 2.43. The summed E-state index contributed by atoms with van der Waals surface area (Å²) in [5, 5.41) is 2.82. The maximum atomic E-state index is 14.0. The lowest BCUT2D eigenvalue weighted by Gasteiger charge is -2.29. The number of carbonyl (C=O) groups excluding carboxylic acids is 1. The number of nitrogens with zero attached hydrogens (tertiary/aromatic N) is 1. The Morgan fingerprint density at radius 1 is 1.48 bits per heavy atom. The number of rotatable bonds is 4. The molecule has 1 atom stereocenters. The number of nitrogen functional groups attached to an aromatic ring is 1. The highest BCUT2D eigenvalue weighted by atomic mass is 19.1. The van der Waals surface area contributed by atoms with Gasteiger partial charge < -0.3 is 15.8 Å². The summed E-state index contributed by atoms with van der Waals surface area (Å²) >= 11 is 0. The molecule has 0 bridgehead atoms. The van der Waals surface area contributed by atoms with E-state index in [1.54, 1.807) is 6.92 Å². The van der Waals surface area contributed by atoms with Gasteiger partial charge in [-0.1, -0.05) is 0 Å². The van der Waals surface area contributed by atoms with Gasteiger partial charge in [-0.15, -0.1) is 0 Å². The van der Waals surface area contributed by atoms with Crippen molar-refractivity contribution in [1.82, 2.24) is 10.2 Å². The molecule has 116 valence electrons. The number of halogens is 1. The van der Waals surface area contributed by atoms with Crippen LogP contribution in [0.15, 0.2) is 12.1 Å². The van der Waals surface area contributed by atoms with Gasteiger partial charge >= 0.3 is 0 Å². The number of amides is 1. The molecular weight excluding hydrogens is 273 g/mol. The highest BCUT2D eigenvalue weighted by molar-refractivity contribution is 5.95. The minimum Gasteiger partial charge on any atom is -0.399 e. The van der Waals surface area contributed by atoms with Crippen LogP contribution in [0.2, 0.25) is 0 Å². The lowest BCUT2D eigenvalue weighted by molar-refractivity contribution is 0.0342. The summed E-state index contributed by atoms with van der Waals surface area (Å²) in [4.78, 5) is 14.4. The van der Waals surface area contributed by atoms with Gasteiger partial charge in [0.2, 0.25) is 0 Å². The van der Waals surface area contributed by atoms with E-state index >= 15 is 0 Å². The van der Waals surface area contributed by atoms with Crippen LogP contribution in [-0.2, 0) is 4.74 Å². The van der Waals surface area contributed by atoms with E-state index in [1.165, 1.54) is 12.1 Å². The van der Waals surface area contributed by atoms with Crippen molar-refractivity contribution in [3.05, 3.63) is 29.1 Å². The summed E-state index contributed by atoms with van der Waals surface area (Å²) in [5.74, 6) is -0.941. The Balaban J connectivity index is 1.97. The molecule has 2 rings (SSSR count). The van der Waals surface area contributed by atoms with Crippen LogP contribution in [0.5, 0.6) is 0 Å². The van der Waals surface area contributed by atoms with Gasteiger partial charge in [-0.25, -0.2) is 4.39 Å². The van der Waals surface area contributed by atoms with Gasteiger partial charge in [-0.2, -0.15) is 0 Å². The number of morpholine rings is 1. The van der Waals surface area contributed by atoms with Crippen molar-refractivity contribution in [2.45, 2.75) is 19.9 Å². The number of aryl methyl sites for hydroxylation is 1. The highest BCUT2D eigenvalue weighted by Crippen LogP contribution is 2.17. The van der Waals surface area contributed by atoms with Crippen LogP contribution in [0.4, 0.5) is 10.1 Å². The summed E-state index contributed by atoms with van der Waals surface area (Å²) in [6.45, 7) is 7.35. The SMILES string of the molecule is Cc1cc(N)cc(C(=O)NC(C)CN2CCOCC2)c1F. The van der Waals surface area contributed by atoms with Crippen LogP contribution in [0, 0.1) is 12.7 Å². The fourth-order valence-corrected chi connectivity index (χ4v) is 2.48. The minimum absolute atomic E-state index is 0.00123.